The fraction of sp³-hybridized carbons (Fsp3) is 0.571. The molecule has 3 N–H and O–H groups in total. The molecule has 0 radical (unpaired) electrons. The predicted molar refractivity (Wildman–Crippen MR) is 74.9 cm³/mol. The summed E-state index contributed by atoms with van der Waals surface area (Å²) in [4.78, 5) is 1.31. The van der Waals surface area contributed by atoms with E-state index < -0.39 is 5.54 Å². The fourth-order valence-electron chi connectivity index (χ4n) is 2.33. The third kappa shape index (κ3) is 2.72. The Morgan fingerprint density at radius 1 is 1.33 bits per heavy atom. The van der Waals surface area contributed by atoms with Crippen molar-refractivity contribution in [1.82, 2.24) is 5.32 Å². The standard InChI is InChI=1S/C14H21NO2S/c1-2-14(9-16,10-17)15-12-7-8-18-13-6-4-3-5-11(12)13/h3-6,12,15-17H,2,7-10H2,1H3. The molecule has 18 heavy (non-hydrogen) atoms. The number of aliphatic hydroxyl groups excluding tert-OH is 2. The Morgan fingerprint density at radius 3 is 2.72 bits per heavy atom. The average molecular weight is 267 g/mol. The zero-order chi connectivity index (χ0) is 13.0. The minimum Gasteiger partial charge on any atom is -0.394 e. The van der Waals surface area contributed by atoms with Gasteiger partial charge in [0.1, 0.15) is 0 Å². The van der Waals surface area contributed by atoms with Crippen molar-refractivity contribution < 1.29 is 10.2 Å². The van der Waals surface area contributed by atoms with Crippen LogP contribution in [0.1, 0.15) is 31.4 Å². The predicted octanol–water partition coefficient (Wildman–Crippen LogP) is 1.95. The summed E-state index contributed by atoms with van der Waals surface area (Å²) >= 11 is 1.88. The lowest BCUT2D eigenvalue weighted by Gasteiger charge is -2.37. The van der Waals surface area contributed by atoms with E-state index in [1.165, 1.54) is 10.5 Å². The molecule has 3 nitrogen and oxygen atoms in total. The summed E-state index contributed by atoms with van der Waals surface area (Å²) in [6.45, 7) is 1.92. The van der Waals surface area contributed by atoms with E-state index in [0.717, 1.165) is 12.2 Å². The van der Waals surface area contributed by atoms with Crippen LogP contribution in [0.3, 0.4) is 0 Å². The van der Waals surface area contributed by atoms with Gasteiger partial charge in [-0.15, -0.1) is 11.8 Å². The largest absolute Gasteiger partial charge is 0.394 e. The average Bonchev–Trinajstić information content (AvgIpc) is 2.45. The summed E-state index contributed by atoms with van der Waals surface area (Å²) in [5, 5.41) is 22.5. The van der Waals surface area contributed by atoms with Crippen LogP contribution in [0, 0.1) is 0 Å². The number of fused-ring (bicyclic) bond motifs is 1. The van der Waals surface area contributed by atoms with Crippen molar-refractivity contribution in [2.24, 2.45) is 0 Å². The van der Waals surface area contributed by atoms with E-state index in [2.05, 4.69) is 23.5 Å². The number of nitrogens with one attached hydrogen (secondary N) is 1. The van der Waals surface area contributed by atoms with Crippen LogP contribution >= 0.6 is 11.8 Å². The van der Waals surface area contributed by atoms with Crippen LogP contribution < -0.4 is 5.32 Å². The smallest absolute Gasteiger partial charge is 0.0650 e. The molecule has 1 aliphatic heterocycles. The topological polar surface area (TPSA) is 52.5 Å². The molecular weight excluding hydrogens is 246 g/mol. The molecule has 1 aromatic carbocycles. The zero-order valence-electron chi connectivity index (χ0n) is 10.7. The van der Waals surface area contributed by atoms with Gasteiger partial charge in [-0.2, -0.15) is 0 Å². The molecule has 0 fully saturated rings. The van der Waals surface area contributed by atoms with Crippen LogP contribution in [-0.4, -0.2) is 34.7 Å². The van der Waals surface area contributed by atoms with Gasteiger partial charge in [-0.1, -0.05) is 25.1 Å². The fourth-order valence-corrected chi connectivity index (χ4v) is 3.45. The first-order chi connectivity index (χ1) is 8.74. The molecule has 4 heteroatoms. The van der Waals surface area contributed by atoms with E-state index in [1.807, 2.05) is 24.8 Å². The Kier molecular flexibility index (Phi) is 4.67. The van der Waals surface area contributed by atoms with Gasteiger partial charge in [0, 0.05) is 10.9 Å². The second-order valence-electron chi connectivity index (χ2n) is 4.82. The molecule has 0 bridgehead atoms. The summed E-state index contributed by atoms with van der Waals surface area (Å²) < 4.78 is 0. The molecule has 0 saturated carbocycles. The van der Waals surface area contributed by atoms with Crippen molar-refractivity contribution in [2.75, 3.05) is 19.0 Å². The lowest BCUT2D eigenvalue weighted by Crippen LogP contribution is -2.53. The number of rotatable bonds is 5. The van der Waals surface area contributed by atoms with Crippen molar-refractivity contribution in [3.63, 3.8) is 0 Å². The highest BCUT2D eigenvalue weighted by Crippen LogP contribution is 2.37. The maximum atomic E-state index is 9.53. The normalized spacial score (nSPS) is 19.6. The van der Waals surface area contributed by atoms with Gasteiger partial charge in [0.15, 0.2) is 0 Å². The lowest BCUT2D eigenvalue weighted by molar-refractivity contribution is 0.0765. The molecule has 1 aromatic rings. The van der Waals surface area contributed by atoms with Crippen LogP contribution in [0.15, 0.2) is 29.2 Å². The van der Waals surface area contributed by atoms with Gasteiger partial charge in [-0.05, 0) is 30.2 Å². The van der Waals surface area contributed by atoms with Gasteiger partial charge in [0.25, 0.3) is 0 Å². The minimum atomic E-state index is -0.570. The highest BCUT2D eigenvalue weighted by Gasteiger charge is 2.31. The molecule has 100 valence electrons. The quantitative estimate of drug-likeness (QED) is 0.763. The summed E-state index contributed by atoms with van der Waals surface area (Å²) in [5.41, 5.74) is 0.716. The van der Waals surface area contributed by atoms with Crippen molar-refractivity contribution in [1.29, 1.82) is 0 Å². The van der Waals surface area contributed by atoms with Crippen molar-refractivity contribution in [2.45, 2.75) is 36.2 Å². The number of benzene rings is 1. The first kappa shape index (κ1) is 13.9. The molecule has 0 amide bonds. The van der Waals surface area contributed by atoms with Crippen LogP contribution in [0.25, 0.3) is 0 Å². The molecule has 1 aliphatic rings. The van der Waals surface area contributed by atoms with Crippen LogP contribution in [0.4, 0.5) is 0 Å². The maximum absolute atomic E-state index is 9.53. The van der Waals surface area contributed by atoms with Gasteiger partial charge in [0.05, 0.1) is 18.8 Å². The molecule has 2 rings (SSSR count). The number of aliphatic hydroxyl groups is 2. The third-order valence-electron chi connectivity index (χ3n) is 3.72. The molecule has 0 aliphatic carbocycles. The van der Waals surface area contributed by atoms with Crippen LogP contribution in [0.5, 0.6) is 0 Å². The third-order valence-corrected chi connectivity index (χ3v) is 4.84. The van der Waals surface area contributed by atoms with Gasteiger partial charge >= 0.3 is 0 Å². The summed E-state index contributed by atoms with van der Waals surface area (Å²) in [7, 11) is 0. The van der Waals surface area contributed by atoms with E-state index in [9.17, 15) is 10.2 Å². The monoisotopic (exact) mass is 267 g/mol. The Bertz CT molecular complexity index is 385. The minimum absolute atomic E-state index is 0.0359. The highest BCUT2D eigenvalue weighted by atomic mass is 32.2. The maximum Gasteiger partial charge on any atom is 0.0650 e. The van der Waals surface area contributed by atoms with Gasteiger partial charge in [-0.25, -0.2) is 0 Å². The van der Waals surface area contributed by atoms with Gasteiger partial charge in [-0.3, -0.25) is 0 Å². The molecule has 1 atom stereocenters. The molecular formula is C14H21NO2S. The molecule has 0 spiro atoms. The number of hydrogen-bond donors (Lipinski definition) is 3. The van der Waals surface area contributed by atoms with Gasteiger partial charge in [0.2, 0.25) is 0 Å². The summed E-state index contributed by atoms with van der Waals surface area (Å²) in [6.07, 6.45) is 1.75. The zero-order valence-corrected chi connectivity index (χ0v) is 11.5. The summed E-state index contributed by atoms with van der Waals surface area (Å²) in [6, 6.07) is 8.60. The SMILES string of the molecule is CCC(CO)(CO)NC1CCSc2ccccc21. The molecule has 0 saturated heterocycles. The van der Waals surface area contributed by atoms with Crippen molar-refractivity contribution in [3.05, 3.63) is 29.8 Å². The second-order valence-corrected chi connectivity index (χ2v) is 5.96. The number of hydrogen-bond acceptors (Lipinski definition) is 4. The van der Waals surface area contributed by atoms with E-state index in [-0.39, 0.29) is 19.3 Å². The highest BCUT2D eigenvalue weighted by molar-refractivity contribution is 7.99. The van der Waals surface area contributed by atoms with E-state index >= 15 is 0 Å². The van der Waals surface area contributed by atoms with Crippen LogP contribution in [-0.2, 0) is 0 Å². The Labute approximate surface area is 113 Å². The Hall–Kier alpha value is -0.550. The number of thioether (sulfide) groups is 1. The van der Waals surface area contributed by atoms with Crippen molar-refractivity contribution >= 4 is 11.8 Å². The van der Waals surface area contributed by atoms with E-state index in [1.54, 1.807) is 0 Å². The lowest BCUT2D eigenvalue weighted by atomic mass is 9.94. The molecule has 0 aromatic heterocycles. The first-order valence-electron chi connectivity index (χ1n) is 6.46. The molecule has 1 heterocycles. The molecule has 1 unspecified atom stereocenters. The summed E-state index contributed by atoms with van der Waals surface area (Å²) in [5.74, 6) is 1.07. The van der Waals surface area contributed by atoms with Crippen LogP contribution in [0.2, 0.25) is 0 Å². The van der Waals surface area contributed by atoms with E-state index in [4.69, 9.17) is 0 Å². The first-order valence-corrected chi connectivity index (χ1v) is 7.44. The Balaban J connectivity index is 2.20. The second kappa shape index (κ2) is 6.06. The van der Waals surface area contributed by atoms with E-state index in [0.29, 0.717) is 6.42 Å². The van der Waals surface area contributed by atoms with Crippen molar-refractivity contribution in [3.8, 4) is 0 Å². The van der Waals surface area contributed by atoms with Gasteiger partial charge < -0.3 is 15.5 Å². The Morgan fingerprint density at radius 2 is 2.06 bits per heavy atom.